The SMILES string of the molecule is C1COCCO1.CO.O.[Cs+].[OH-]. The van der Waals surface area contributed by atoms with Crippen LogP contribution in [0.15, 0.2) is 0 Å². The van der Waals surface area contributed by atoms with E-state index in [1.165, 1.54) is 0 Å². The molecule has 0 bridgehead atoms. The van der Waals surface area contributed by atoms with Crippen LogP contribution in [0.3, 0.4) is 0 Å². The van der Waals surface area contributed by atoms with E-state index in [0.29, 0.717) is 0 Å². The van der Waals surface area contributed by atoms with Gasteiger partial charge in [0.15, 0.2) is 0 Å². The van der Waals surface area contributed by atoms with Crippen LogP contribution in [0.25, 0.3) is 0 Å². The van der Waals surface area contributed by atoms with E-state index in [4.69, 9.17) is 14.6 Å². The maximum Gasteiger partial charge on any atom is 1.00 e. The molecule has 5 nitrogen and oxygen atoms in total. The largest absolute Gasteiger partial charge is 1.00 e. The predicted molar refractivity (Wildman–Crippen MR) is 35.3 cm³/mol. The second-order valence-corrected chi connectivity index (χ2v) is 1.22. The van der Waals surface area contributed by atoms with Crippen molar-refractivity contribution >= 4 is 0 Å². The first-order valence-electron chi connectivity index (χ1n) is 2.60. The maximum atomic E-state index is 7.00. The molecule has 0 spiro atoms. The molecule has 0 aromatic rings. The van der Waals surface area contributed by atoms with Crippen LogP contribution in [0.4, 0.5) is 0 Å². The van der Waals surface area contributed by atoms with Crippen LogP contribution < -0.4 is 68.9 Å². The maximum absolute atomic E-state index is 7.00. The van der Waals surface area contributed by atoms with Crippen molar-refractivity contribution in [1.82, 2.24) is 0 Å². The fraction of sp³-hybridized carbons (Fsp3) is 1.00. The van der Waals surface area contributed by atoms with Crippen molar-refractivity contribution in [3.05, 3.63) is 0 Å². The second kappa shape index (κ2) is 22.6. The molecule has 0 unspecified atom stereocenters. The number of hydrogen-bond acceptors (Lipinski definition) is 4. The van der Waals surface area contributed by atoms with E-state index in [9.17, 15) is 0 Å². The first kappa shape index (κ1) is 23.0. The summed E-state index contributed by atoms with van der Waals surface area (Å²) in [5.41, 5.74) is 0. The molecular formula is C5H15CsO5. The van der Waals surface area contributed by atoms with Crippen LogP contribution in [0.2, 0.25) is 0 Å². The van der Waals surface area contributed by atoms with E-state index in [1.807, 2.05) is 0 Å². The molecule has 1 aliphatic rings. The van der Waals surface area contributed by atoms with Gasteiger partial charge in [-0.05, 0) is 0 Å². The van der Waals surface area contributed by atoms with Gasteiger partial charge in [-0.3, -0.25) is 0 Å². The molecule has 0 radical (unpaired) electrons. The Kier molecular flexibility index (Phi) is 47.4. The van der Waals surface area contributed by atoms with Crippen LogP contribution in [-0.2, 0) is 9.47 Å². The topological polar surface area (TPSA) is 100 Å². The molecule has 0 aromatic carbocycles. The second-order valence-electron chi connectivity index (χ2n) is 1.22. The summed E-state index contributed by atoms with van der Waals surface area (Å²) in [6, 6.07) is 0. The molecule has 1 fully saturated rings. The van der Waals surface area contributed by atoms with Crippen molar-refractivity contribution < 1.29 is 94.4 Å². The van der Waals surface area contributed by atoms with Crippen LogP contribution in [0.5, 0.6) is 0 Å². The summed E-state index contributed by atoms with van der Waals surface area (Å²) in [7, 11) is 1.00. The third-order valence-corrected chi connectivity index (χ3v) is 0.744. The predicted octanol–water partition coefficient (Wildman–Crippen LogP) is -4.36. The van der Waals surface area contributed by atoms with Crippen molar-refractivity contribution in [1.29, 1.82) is 0 Å². The molecule has 1 rings (SSSR count). The molecule has 0 aromatic heterocycles. The fourth-order valence-electron chi connectivity index (χ4n) is 0.440. The number of aliphatic hydroxyl groups is 1. The number of aliphatic hydroxyl groups excluding tert-OH is 1. The Labute approximate surface area is 125 Å². The summed E-state index contributed by atoms with van der Waals surface area (Å²) in [5.74, 6) is 0. The number of hydrogen-bond donors (Lipinski definition) is 1. The Morgan fingerprint density at radius 1 is 0.909 bits per heavy atom. The molecule has 6 heteroatoms. The smallest absolute Gasteiger partial charge is 0.870 e. The zero-order chi connectivity index (χ0) is 6.24. The summed E-state index contributed by atoms with van der Waals surface area (Å²) >= 11 is 0. The Morgan fingerprint density at radius 2 is 1.09 bits per heavy atom. The van der Waals surface area contributed by atoms with Gasteiger partial charge in [0, 0.05) is 7.11 Å². The molecule has 0 aliphatic carbocycles. The molecule has 66 valence electrons. The van der Waals surface area contributed by atoms with Crippen LogP contribution in [-0.4, -0.2) is 49.6 Å². The van der Waals surface area contributed by atoms with E-state index in [-0.39, 0.29) is 79.8 Å². The zero-order valence-corrected chi connectivity index (χ0v) is 13.3. The summed E-state index contributed by atoms with van der Waals surface area (Å²) < 4.78 is 9.89. The Hall–Kier alpha value is 1.85. The van der Waals surface area contributed by atoms with Gasteiger partial charge in [-0.15, -0.1) is 0 Å². The van der Waals surface area contributed by atoms with Crippen LogP contribution >= 0.6 is 0 Å². The monoisotopic (exact) mass is 288 g/mol. The minimum atomic E-state index is 0. The van der Waals surface area contributed by atoms with E-state index in [1.54, 1.807) is 0 Å². The van der Waals surface area contributed by atoms with Gasteiger partial charge in [-0.25, -0.2) is 0 Å². The van der Waals surface area contributed by atoms with Gasteiger partial charge < -0.3 is 25.5 Å². The van der Waals surface area contributed by atoms with Gasteiger partial charge in [0.05, 0.1) is 26.4 Å². The van der Waals surface area contributed by atoms with Crippen molar-refractivity contribution in [2.75, 3.05) is 33.5 Å². The molecule has 0 saturated carbocycles. The van der Waals surface area contributed by atoms with Crippen molar-refractivity contribution in [3.8, 4) is 0 Å². The molecule has 4 N–H and O–H groups in total. The van der Waals surface area contributed by atoms with Gasteiger partial charge in [0.25, 0.3) is 0 Å². The summed E-state index contributed by atoms with van der Waals surface area (Å²) in [6.07, 6.45) is 0. The molecule has 1 heterocycles. The normalized spacial score (nSPS) is 13.6. The molecule has 0 amide bonds. The first-order chi connectivity index (χ1) is 4.00. The Morgan fingerprint density at radius 3 is 1.18 bits per heavy atom. The third-order valence-electron chi connectivity index (χ3n) is 0.744. The van der Waals surface area contributed by atoms with E-state index in [0.717, 1.165) is 33.5 Å². The van der Waals surface area contributed by atoms with Gasteiger partial charge in [0.1, 0.15) is 0 Å². The van der Waals surface area contributed by atoms with Crippen LogP contribution in [0.1, 0.15) is 0 Å². The molecular weight excluding hydrogens is 273 g/mol. The van der Waals surface area contributed by atoms with Gasteiger partial charge in [-0.1, -0.05) is 0 Å². The van der Waals surface area contributed by atoms with Gasteiger partial charge in [0.2, 0.25) is 0 Å². The minimum absolute atomic E-state index is 0. The van der Waals surface area contributed by atoms with E-state index in [2.05, 4.69) is 0 Å². The Bertz CT molecular complexity index is 30.3. The van der Waals surface area contributed by atoms with E-state index < -0.39 is 0 Å². The average molecular weight is 288 g/mol. The fourth-order valence-corrected chi connectivity index (χ4v) is 0.440. The molecule has 1 saturated heterocycles. The van der Waals surface area contributed by atoms with Crippen molar-refractivity contribution in [2.24, 2.45) is 0 Å². The van der Waals surface area contributed by atoms with Crippen molar-refractivity contribution in [3.63, 3.8) is 0 Å². The third kappa shape index (κ3) is 18.7. The van der Waals surface area contributed by atoms with Gasteiger partial charge >= 0.3 is 68.9 Å². The van der Waals surface area contributed by atoms with Gasteiger partial charge in [-0.2, -0.15) is 0 Å². The summed E-state index contributed by atoms with van der Waals surface area (Å²) in [6.45, 7) is 3.11. The molecule has 11 heavy (non-hydrogen) atoms. The average Bonchev–Trinajstić information content (AvgIpc) is 1.96. The molecule has 1 aliphatic heterocycles. The van der Waals surface area contributed by atoms with Crippen molar-refractivity contribution in [2.45, 2.75) is 0 Å². The van der Waals surface area contributed by atoms with E-state index >= 15 is 0 Å². The Balaban J connectivity index is -0.0000000459. The summed E-state index contributed by atoms with van der Waals surface area (Å²) in [4.78, 5) is 0. The zero-order valence-electron chi connectivity index (χ0n) is 7.04. The molecule has 0 atom stereocenters. The number of rotatable bonds is 0. The quantitative estimate of drug-likeness (QED) is 0.487. The number of ether oxygens (including phenoxy) is 2. The summed E-state index contributed by atoms with van der Waals surface area (Å²) in [5, 5.41) is 7.00. The van der Waals surface area contributed by atoms with Crippen LogP contribution in [0, 0.1) is 0 Å². The minimum Gasteiger partial charge on any atom is -0.870 e. The first-order valence-corrected chi connectivity index (χ1v) is 2.60. The standard InChI is InChI=1S/C4H8O2.CH4O.Cs.2H2O/c1-2-6-4-3-5-1;1-2;;;/h1-4H2;2H,1H3;;2*1H2/q;;+1;;/p-1.